The van der Waals surface area contributed by atoms with E-state index in [2.05, 4.69) is 228 Å². The maximum absolute atomic E-state index is 5.52. The Morgan fingerprint density at radius 2 is 0.855 bits per heavy atom. The highest BCUT2D eigenvalue weighted by molar-refractivity contribution is 6.27. The Kier molecular flexibility index (Phi) is 7.57. The quantitative estimate of drug-likeness (QED) is 0.174. The van der Waals surface area contributed by atoms with Crippen LogP contribution in [0.3, 0.4) is 0 Å². The normalized spacial score (nSPS) is 11.9. The lowest BCUT2D eigenvalue weighted by atomic mass is 9.90. The number of para-hydroxylation sites is 4. The molecule has 0 spiro atoms. The summed E-state index contributed by atoms with van der Waals surface area (Å²) in [6.07, 6.45) is 0. The Labute approximate surface area is 357 Å². The van der Waals surface area contributed by atoms with Crippen LogP contribution in [-0.2, 0) is 0 Å². The zero-order chi connectivity index (χ0) is 40.7. The molecule has 0 amide bonds. The molecular weight excluding hydrogens is 753 g/mol. The van der Waals surface area contributed by atoms with Crippen molar-refractivity contribution in [1.29, 1.82) is 0 Å². The summed E-state index contributed by atoms with van der Waals surface area (Å²) in [5, 5.41) is 10.6. The first-order chi connectivity index (χ1) is 30.8. The van der Waals surface area contributed by atoms with Gasteiger partial charge < -0.3 is 4.57 Å². The van der Waals surface area contributed by atoms with Gasteiger partial charge in [-0.1, -0.05) is 170 Å². The highest BCUT2D eigenvalue weighted by Gasteiger charge is 2.23. The fraction of sp³-hybridized carbons (Fsp3) is 0. The number of nitrogens with zero attached hydrogens (tertiary/aromatic N) is 4. The molecule has 0 bridgehead atoms. The first-order valence-electron chi connectivity index (χ1n) is 21.2. The van der Waals surface area contributed by atoms with E-state index in [1.54, 1.807) is 0 Å². The molecule has 0 aliphatic rings. The Morgan fingerprint density at radius 3 is 1.63 bits per heavy atom. The van der Waals surface area contributed by atoms with Crippen molar-refractivity contribution in [3.63, 3.8) is 0 Å². The second kappa shape index (κ2) is 13.6. The van der Waals surface area contributed by atoms with E-state index in [0.717, 1.165) is 60.6 Å². The van der Waals surface area contributed by atoms with E-state index in [-0.39, 0.29) is 0 Å². The number of rotatable bonds is 5. The van der Waals surface area contributed by atoms with E-state index >= 15 is 0 Å². The molecule has 4 heteroatoms. The van der Waals surface area contributed by atoms with Gasteiger partial charge in [-0.2, -0.15) is 0 Å². The van der Waals surface area contributed by atoms with Gasteiger partial charge in [0, 0.05) is 43.6 Å². The van der Waals surface area contributed by atoms with Gasteiger partial charge in [0.05, 0.1) is 33.3 Å². The van der Waals surface area contributed by atoms with Crippen LogP contribution in [0, 0.1) is 0 Å². The van der Waals surface area contributed by atoms with Crippen molar-refractivity contribution in [1.82, 2.24) is 19.1 Å². The summed E-state index contributed by atoms with van der Waals surface area (Å²) in [7, 11) is 0. The van der Waals surface area contributed by atoms with E-state index in [1.165, 1.54) is 54.7 Å². The second-order valence-electron chi connectivity index (χ2n) is 16.1. The maximum atomic E-state index is 5.52. The zero-order valence-electron chi connectivity index (χ0n) is 33.6. The summed E-state index contributed by atoms with van der Waals surface area (Å²) >= 11 is 0. The summed E-state index contributed by atoms with van der Waals surface area (Å²) in [6, 6.07) is 78.5. The van der Waals surface area contributed by atoms with Crippen molar-refractivity contribution in [2.75, 3.05) is 0 Å². The van der Waals surface area contributed by atoms with Gasteiger partial charge in [-0.05, 0) is 86.9 Å². The minimum absolute atomic E-state index is 0.646. The van der Waals surface area contributed by atoms with Crippen molar-refractivity contribution in [2.24, 2.45) is 0 Å². The van der Waals surface area contributed by atoms with Crippen molar-refractivity contribution < 1.29 is 0 Å². The molecule has 0 saturated carbocycles. The van der Waals surface area contributed by atoms with E-state index in [0.29, 0.717) is 5.95 Å². The summed E-state index contributed by atoms with van der Waals surface area (Å²) in [4.78, 5) is 10.9. The summed E-state index contributed by atoms with van der Waals surface area (Å²) in [5.41, 5.74) is 13.3. The summed E-state index contributed by atoms with van der Waals surface area (Å²) in [6.45, 7) is 0. The van der Waals surface area contributed by atoms with Crippen LogP contribution in [0.15, 0.2) is 218 Å². The van der Waals surface area contributed by atoms with Crippen molar-refractivity contribution in [2.45, 2.75) is 0 Å². The molecule has 288 valence electrons. The average molecular weight is 789 g/mol. The van der Waals surface area contributed by atoms with Gasteiger partial charge in [-0.25, -0.2) is 9.97 Å². The maximum Gasteiger partial charge on any atom is 0.235 e. The number of benzene rings is 10. The molecule has 0 fully saturated rings. The highest BCUT2D eigenvalue weighted by Crippen LogP contribution is 2.46. The number of aromatic nitrogens is 4. The van der Waals surface area contributed by atoms with Crippen molar-refractivity contribution >= 4 is 76.1 Å². The SMILES string of the molecule is c1ccc(-c2cccc(-c3nc(-n4c5ccccc5c5cc(-c6cc7c(c8ccccc68)c6ccccc6n7-c6ccccc6)c6ccccc6c54)nc4ccccc34)c2)cc1. The fourth-order valence-corrected chi connectivity index (χ4v) is 10.0. The highest BCUT2D eigenvalue weighted by atomic mass is 15.2. The molecule has 62 heavy (non-hydrogen) atoms. The van der Waals surface area contributed by atoms with Gasteiger partial charge in [-0.3, -0.25) is 4.57 Å². The zero-order valence-corrected chi connectivity index (χ0v) is 33.6. The van der Waals surface area contributed by atoms with Gasteiger partial charge in [0.2, 0.25) is 5.95 Å². The predicted molar refractivity (Wildman–Crippen MR) is 260 cm³/mol. The van der Waals surface area contributed by atoms with Gasteiger partial charge in [0.25, 0.3) is 0 Å². The molecule has 10 aromatic carbocycles. The molecule has 13 aromatic rings. The van der Waals surface area contributed by atoms with Gasteiger partial charge in [0.15, 0.2) is 0 Å². The third-order valence-corrected chi connectivity index (χ3v) is 12.7. The Morgan fingerprint density at radius 1 is 0.306 bits per heavy atom. The molecule has 0 unspecified atom stereocenters. The van der Waals surface area contributed by atoms with Crippen LogP contribution in [0.4, 0.5) is 0 Å². The topological polar surface area (TPSA) is 35.6 Å². The smallest absolute Gasteiger partial charge is 0.235 e. The minimum atomic E-state index is 0.646. The van der Waals surface area contributed by atoms with Crippen LogP contribution < -0.4 is 0 Å². The second-order valence-corrected chi connectivity index (χ2v) is 16.1. The Balaban J connectivity index is 1.12. The first-order valence-corrected chi connectivity index (χ1v) is 21.2. The average Bonchev–Trinajstić information content (AvgIpc) is 3.87. The van der Waals surface area contributed by atoms with E-state index in [9.17, 15) is 0 Å². The lowest BCUT2D eigenvalue weighted by Crippen LogP contribution is -2.04. The standard InChI is InChI=1S/C58H36N4/c1-3-18-37(19-4-1)38-20-17-21-39(34-38)56-46-29-11-14-31-51(46)59-58(60-56)62-52-32-15-12-26-43(52)50-35-48(42-25-8-10-28-45(42)57(50)62)49-36-54-55(44-27-9-7-24-41(44)49)47-30-13-16-33-53(47)61(54)40-22-5-2-6-23-40/h1-36H. The van der Waals surface area contributed by atoms with Crippen LogP contribution in [0.1, 0.15) is 0 Å². The Hall–Kier alpha value is -8.34. The lowest BCUT2D eigenvalue weighted by Gasteiger charge is -2.16. The van der Waals surface area contributed by atoms with Gasteiger partial charge >= 0.3 is 0 Å². The van der Waals surface area contributed by atoms with Crippen LogP contribution in [0.2, 0.25) is 0 Å². The monoisotopic (exact) mass is 788 g/mol. The number of hydrogen-bond acceptors (Lipinski definition) is 2. The van der Waals surface area contributed by atoms with Gasteiger partial charge in [-0.15, -0.1) is 0 Å². The third-order valence-electron chi connectivity index (χ3n) is 12.7. The molecule has 0 saturated heterocycles. The van der Waals surface area contributed by atoms with Crippen LogP contribution in [-0.4, -0.2) is 19.1 Å². The minimum Gasteiger partial charge on any atom is -0.309 e. The van der Waals surface area contributed by atoms with Crippen LogP contribution >= 0.6 is 0 Å². The molecule has 3 heterocycles. The molecule has 0 aliphatic carbocycles. The van der Waals surface area contributed by atoms with Crippen LogP contribution in [0.5, 0.6) is 0 Å². The Bertz CT molecular complexity index is 3920. The number of fused-ring (bicyclic) bond motifs is 11. The molecule has 3 aromatic heterocycles. The molecular formula is C58H36N4. The summed E-state index contributed by atoms with van der Waals surface area (Å²) in [5.74, 6) is 0.646. The lowest BCUT2D eigenvalue weighted by molar-refractivity contribution is 1.02. The van der Waals surface area contributed by atoms with Crippen LogP contribution in [0.25, 0.3) is 121 Å². The molecule has 4 nitrogen and oxygen atoms in total. The van der Waals surface area contributed by atoms with E-state index in [4.69, 9.17) is 9.97 Å². The van der Waals surface area contributed by atoms with E-state index in [1.807, 2.05) is 0 Å². The van der Waals surface area contributed by atoms with Gasteiger partial charge in [0.1, 0.15) is 0 Å². The van der Waals surface area contributed by atoms with E-state index < -0.39 is 0 Å². The molecule has 0 N–H and O–H groups in total. The van der Waals surface area contributed by atoms with Crippen molar-refractivity contribution in [3.8, 4) is 45.1 Å². The molecule has 13 rings (SSSR count). The largest absolute Gasteiger partial charge is 0.309 e. The molecule has 0 aliphatic heterocycles. The molecule has 0 radical (unpaired) electrons. The number of hydrogen-bond donors (Lipinski definition) is 0. The fourth-order valence-electron chi connectivity index (χ4n) is 10.0. The summed E-state index contributed by atoms with van der Waals surface area (Å²) < 4.78 is 4.72. The first kappa shape index (κ1) is 34.5. The predicted octanol–water partition coefficient (Wildman–Crippen LogP) is 15.1. The molecule has 0 atom stereocenters. The van der Waals surface area contributed by atoms with Crippen molar-refractivity contribution in [3.05, 3.63) is 218 Å². The third kappa shape index (κ3) is 5.14.